The molecule has 0 aliphatic carbocycles. The highest BCUT2D eigenvalue weighted by atomic mass is 32.1. The molecule has 5 heteroatoms. The van der Waals surface area contributed by atoms with E-state index >= 15 is 0 Å². The molecule has 33 heavy (non-hydrogen) atoms. The summed E-state index contributed by atoms with van der Waals surface area (Å²) in [5.74, 6) is -0.578. The lowest BCUT2D eigenvalue weighted by molar-refractivity contribution is -0.156. The van der Waals surface area contributed by atoms with Gasteiger partial charge in [0.15, 0.2) is 11.3 Å². The maximum Gasteiger partial charge on any atom is 0.293 e. The maximum absolute atomic E-state index is 13.0. The second-order valence-corrected chi connectivity index (χ2v) is 9.87. The average molecular weight is 466 g/mol. The first-order chi connectivity index (χ1) is 15.8. The van der Waals surface area contributed by atoms with Crippen LogP contribution in [0.5, 0.6) is 0 Å². The van der Waals surface area contributed by atoms with E-state index in [9.17, 15) is 9.59 Å². The Kier molecular flexibility index (Phi) is 8.79. The molecule has 1 atom stereocenters. The molecule has 1 saturated heterocycles. The molecule has 0 radical (unpaired) electrons. The third-order valence-corrected chi connectivity index (χ3v) is 7.01. The molecular weight excluding hydrogens is 430 g/mol. The summed E-state index contributed by atoms with van der Waals surface area (Å²) in [6.45, 7) is 6.12. The van der Waals surface area contributed by atoms with Gasteiger partial charge in [0.2, 0.25) is 5.78 Å². The van der Waals surface area contributed by atoms with Crippen LogP contribution in [-0.2, 0) is 14.3 Å². The number of amides is 1. The molecule has 3 rings (SSSR count). The highest BCUT2D eigenvalue weighted by Crippen LogP contribution is 2.30. The topological polar surface area (TPSA) is 46.6 Å². The van der Waals surface area contributed by atoms with Crippen LogP contribution in [0.2, 0.25) is 0 Å². The molecule has 1 aliphatic heterocycles. The predicted octanol–water partition coefficient (Wildman–Crippen LogP) is 6.29. The first-order valence-corrected chi connectivity index (χ1v) is 12.4. The van der Waals surface area contributed by atoms with Crippen molar-refractivity contribution < 1.29 is 14.3 Å². The van der Waals surface area contributed by atoms with Crippen LogP contribution < -0.4 is 0 Å². The van der Waals surface area contributed by atoms with Gasteiger partial charge in [-0.05, 0) is 49.0 Å². The number of hydrogen-bond acceptors (Lipinski definition) is 4. The number of Topliss-reactive ketones (excluding diaryl/α,β-unsaturated/α-hetero) is 1. The molecule has 1 fully saturated rings. The quantitative estimate of drug-likeness (QED) is 0.323. The first kappa shape index (κ1) is 25.1. The number of ether oxygens (including phenoxy) is 1. The predicted molar refractivity (Wildman–Crippen MR) is 136 cm³/mol. The molecule has 1 amide bonds. The minimum absolute atomic E-state index is 0.213. The van der Waals surface area contributed by atoms with Crippen molar-refractivity contribution in [2.24, 2.45) is 5.41 Å². The number of nitrogens with zero attached hydrogens (tertiary/aromatic N) is 1. The third kappa shape index (κ3) is 6.50. The Morgan fingerprint density at radius 2 is 1.61 bits per heavy atom. The van der Waals surface area contributed by atoms with Crippen molar-refractivity contribution >= 4 is 29.0 Å². The number of thiocarbonyl (C=S) groups is 1. The number of piperidine rings is 1. The lowest BCUT2D eigenvalue weighted by atomic mass is 9.84. The maximum atomic E-state index is 13.0. The number of ketones is 1. The van der Waals surface area contributed by atoms with Crippen LogP contribution >= 0.6 is 12.2 Å². The van der Waals surface area contributed by atoms with Crippen molar-refractivity contribution in [3.63, 3.8) is 0 Å². The Labute approximate surface area is 203 Å². The molecule has 0 saturated carbocycles. The highest BCUT2D eigenvalue weighted by Gasteiger charge is 2.38. The molecule has 1 unspecified atom stereocenters. The number of likely N-dealkylation sites (tertiary alicyclic amines) is 1. The van der Waals surface area contributed by atoms with Gasteiger partial charge in [0.25, 0.3) is 5.91 Å². The van der Waals surface area contributed by atoms with Crippen LogP contribution in [0.3, 0.4) is 0 Å². The minimum Gasteiger partial charge on any atom is -0.464 e. The summed E-state index contributed by atoms with van der Waals surface area (Å²) >= 11 is 5.61. The molecule has 0 aromatic heterocycles. The first-order valence-electron chi connectivity index (χ1n) is 12.0. The van der Waals surface area contributed by atoms with Crippen molar-refractivity contribution in [2.45, 2.75) is 71.4 Å². The van der Waals surface area contributed by atoms with Gasteiger partial charge < -0.3 is 9.64 Å². The number of hydrogen-bond donors (Lipinski definition) is 0. The van der Waals surface area contributed by atoms with Gasteiger partial charge in [-0.2, -0.15) is 0 Å². The summed E-state index contributed by atoms with van der Waals surface area (Å²) in [6, 6.07) is 20.8. The molecule has 2 aromatic rings. The van der Waals surface area contributed by atoms with E-state index in [1.165, 1.54) is 11.1 Å². The highest BCUT2D eigenvalue weighted by molar-refractivity contribution is 7.80. The van der Waals surface area contributed by atoms with Crippen molar-refractivity contribution in [1.82, 2.24) is 4.90 Å². The van der Waals surface area contributed by atoms with Gasteiger partial charge in [-0.3, -0.25) is 9.59 Å². The molecule has 0 bridgehead atoms. The Morgan fingerprint density at radius 1 is 1.03 bits per heavy atom. The minimum atomic E-state index is -0.668. The second-order valence-electron chi connectivity index (χ2n) is 9.42. The van der Waals surface area contributed by atoms with E-state index in [2.05, 4.69) is 48.5 Å². The summed E-state index contributed by atoms with van der Waals surface area (Å²) in [5, 5.41) is 0.499. The van der Waals surface area contributed by atoms with Gasteiger partial charge in [0, 0.05) is 30.7 Å². The molecule has 176 valence electrons. The van der Waals surface area contributed by atoms with Gasteiger partial charge in [-0.1, -0.05) is 81.4 Å². The zero-order valence-electron chi connectivity index (χ0n) is 20.0. The van der Waals surface area contributed by atoms with E-state index in [0.717, 1.165) is 19.3 Å². The number of benzene rings is 2. The fourth-order valence-corrected chi connectivity index (χ4v) is 4.43. The average Bonchev–Trinajstić information content (AvgIpc) is 2.85. The summed E-state index contributed by atoms with van der Waals surface area (Å²) in [4.78, 5) is 27.4. The van der Waals surface area contributed by atoms with Gasteiger partial charge in [-0.25, -0.2) is 0 Å². The Hall–Kier alpha value is -2.53. The van der Waals surface area contributed by atoms with Gasteiger partial charge in [0.1, 0.15) is 0 Å². The molecule has 0 spiro atoms. The van der Waals surface area contributed by atoms with E-state index in [1.54, 1.807) is 4.90 Å². The fraction of sp³-hybridized carbons (Fsp3) is 0.464. The van der Waals surface area contributed by atoms with Gasteiger partial charge in [0.05, 0.1) is 0 Å². The molecule has 0 N–H and O–H groups in total. The van der Waals surface area contributed by atoms with Crippen LogP contribution in [0.25, 0.3) is 0 Å². The number of rotatable bonds is 9. The molecule has 4 nitrogen and oxygen atoms in total. The third-order valence-electron chi connectivity index (χ3n) is 6.71. The van der Waals surface area contributed by atoms with Crippen LogP contribution in [0.1, 0.15) is 76.3 Å². The standard InChI is InChI=1S/C28H35NO3S/c1-4-28(2,3)26(30)27(31)29-20-12-11-17-24(29)32-25(33)19-18-23(21-13-7-5-8-14-21)22-15-9-6-10-16-22/h5-10,13-16,23-24H,4,11-12,17-20H2,1-3H3. The normalized spacial score (nSPS) is 16.5. The van der Waals surface area contributed by atoms with Crippen LogP contribution in [0.4, 0.5) is 0 Å². The van der Waals surface area contributed by atoms with Crippen LogP contribution in [0.15, 0.2) is 60.7 Å². The van der Waals surface area contributed by atoms with Crippen molar-refractivity contribution in [2.75, 3.05) is 6.54 Å². The zero-order valence-corrected chi connectivity index (χ0v) is 20.8. The summed E-state index contributed by atoms with van der Waals surface area (Å²) in [7, 11) is 0. The van der Waals surface area contributed by atoms with E-state index in [1.807, 2.05) is 32.9 Å². The Balaban J connectivity index is 1.66. The lowest BCUT2D eigenvalue weighted by Gasteiger charge is -2.36. The van der Waals surface area contributed by atoms with E-state index < -0.39 is 17.6 Å². The van der Waals surface area contributed by atoms with Gasteiger partial charge >= 0.3 is 0 Å². The number of carbonyl (C=O) groups excluding carboxylic acids is 2. The van der Waals surface area contributed by atoms with Crippen molar-refractivity contribution in [3.8, 4) is 0 Å². The summed E-state index contributed by atoms with van der Waals surface area (Å²) < 4.78 is 6.13. The molecule has 2 aromatic carbocycles. The second kappa shape index (κ2) is 11.6. The monoisotopic (exact) mass is 465 g/mol. The Morgan fingerprint density at radius 3 is 2.15 bits per heavy atom. The summed E-state index contributed by atoms with van der Waals surface area (Å²) in [5.41, 5.74) is 1.82. The number of carbonyl (C=O) groups is 2. The van der Waals surface area contributed by atoms with Crippen LogP contribution in [-0.4, -0.2) is 34.4 Å². The Bertz CT molecular complexity index is 903. The van der Waals surface area contributed by atoms with Crippen LogP contribution in [0, 0.1) is 5.41 Å². The van der Waals surface area contributed by atoms with E-state index in [-0.39, 0.29) is 11.7 Å². The molecule has 1 aliphatic rings. The van der Waals surface area contributed by atoms with Crippen molar-refractivity contribution in [3.05, 3.63) is 71.8 Å². The van der Waals surface area contributed by atoms with Gasteiger partial charge in [-0.15, -0.1) is 0 Å². The fourth-order valence-electron chi connectivity index (χ4n) is 4.21. The van der Waals surface area contributed by atoms with E-state index in [4.69, 9.17) is 17.0 Å². The zero-order chi connectivity index (χ0) is 23.8. The lowest BCUT2D eigenvalue weighted by Crippen LogP contribution is -2.51. The summed E-state index contributed by atoms with van der Waals surface area (Å²) in [6.07, 6.45) is 4.12. The van der Waals surface area contributed by atoms with Crippen molar-refractivity contribution in [1.29, 1.82) is 0 Å². The largest absolute Gasteiger partial charge is 0.464 e. The molecule has 1 heterocycles. The SMILES string of the molecule is CCC(C)(C)C(=O)C(=O)N1CCCCC1OC(=S)CCC(c1ccccc1)c1ccccc1. The molecular formula is C28H35NO3S. The van der Waals surface area contributed by atoms with E-state index in [0.29, 0.717) is 30.9 Å². The smallest absolute Gasteiger partial charge is 0.293 e.